The predicted octanol–water partition coefficient (Wildman–Crippen LogP) is 0.491. The second-order valence-electron chi connectivity index (χ2n) is 2.54. The summed E-state index contributed by atoms with van der Waals surface area (Å²) in [6.45, 7) is 2.80. The largest absolute Gasteiger partial charge is 0.480 e. The maximum Gasteiger partial charge on any atom is 0.320 e. The Kier molecular flexibility index (Phi) is 3.68. The molecular formula is C6H12ClNO2. The third kappa shape index (κ3) is 1.85. The lowest BCUT2D eigenvalue weighted by Crippen LogP contribution is -2.34. The third-order valence-corrected chi connectivity index (χ3v) is 1.80. The van der Waals surface area contributed by atoms with Crippen molar-refractivity contribution in [3.63, 3.8) is 0 Å². The molecule has 0 bridgehead atoms. The van der Waals surface area contributed by atoms with Crippen molar-refractivity contribution < 1.29 is 9.90 Å². The zero-order chi connectivity index (χ0) is 6.85. The highest BCUT2D eigenvalue weighted by atomic mass is 35.5. The summed E-state index contributed by atoms with van der Waals surface area (Å²) < 4.78 is 0. The van der Waals surface area contributed by atoms with Gasteiger partial charge in [0.15, 0.2) is 0 Å². The fraction of sp³-hybridized carbons (Fsp3) is 0.833. The normalized spacial score (nSPS) is 31.3. The SMILES string of the molecule is C[C@@H]1CCN[C@H]1C(=O)O.Cl. The molecule has 1 saturated heterocycles. The van der Waals surface area contributed by atoms with E-state index in [0.717, 1.165) is 13.0 Å². The second-order valence-corrected chi connectivity index (χ2v) is 2.54. The van der Waals surface area contributed by atoms with Gasteiger partial charge in [-0.3, -0.25) is 4.79 Å². The minimum atomic E-state index is -0.722. The standard InChI is InChI=1S/C6H11NO2.ClH/c1-4-2-3-7-5(4)6(8)9;/h4-5,7H,2-3H2,1H3,(H,8,9);1H/t4-,5-;/m1./s1. The maximum absolute atomic E-state index is 10.3. The molecular weight excluding hydrogens is 154 g/mol. The van der Waals surface area contributed by atoms with Gasteiger partial charge in [0.25, 0.3) is 0 Å². The number of hydrogen-bond acceptors (Lipinski definition) is 2. The number of rotatable bonds is 1. The molecule has 2 atom stereocenters. The van der Waals surface area contributed by atoms with Gasteiger partial charge in [0.2, 0.25) is 0 Å². The quantitative estimate of drug-likeness (QED) is 0.595. The van der Waals surface area contributed by atoms with E-state index in [0.29, 0.717) is 5.92 Å². The summed E-state index contributed by atoms with van der Waals surface area (Å²) in [6.07, 6.45) is 0.983. The Labute approximate surface area is 66.2 Å². The molecule has 1 aliphatic rings. The number of halogens is 1. The van der Waals surface area contributed by atoms with Crippen LogP contribution in [0.3, 0.4) is 0 Å². The molecule has 0 aromatic carbocycles. The van der Waals surface area contributed by atoms with Crippen LogP contribution in [-0.2, 0) is 4.79 Å². The first-order chi connectivity index (χ1) is 4.22. The smallest absolute Gasteiger partial charge is 0.320 e. The molecule has 1 heterocycles. The molecule has 0 aromatic heterocycles. The maximum atomic E-state index is 10.3. The molecule has 2 N–H and O–H groups in total. The van der Waals surface area contributed by atoms with Crippen LogP contribution in [-0.4, -0.2) is 23.7 Å². The van der Waals surface area contributed by atoms with Crippen LogP contribution in [0.25, 0.3) is 0 Å². The van der Waals surface area contributed by atoms with Crippen molar-refractivity contribution in [1.29, 1.82) is 0 Å². The molecule has 1 fully saturated rings. The van der Waals surface area contributed by atoms with Gasteiger partial charge in [0.05, 0.1) is 0 Å². The first-order valence-electron chi connectivity index (χ1n) is 3.18. The topological polar surface area (TPSA) is 49.3 Å². The van der Waals surface area contributed by atoms with Gasteiger partial charge in [-0.25, -0.2) is 0 Å². The minimum Gasteiger partial charge on any atom is -0.480 e. The Bertz CT molecular complexity index is 129. The van der Waals surface area contributed by atoms with E-state index < -0.39 is 5.97 Å². The Morgan fingerprint density at radius 2 is 2.30 bits per heavy atom. The van der Waals surface area contributed by atoms with Crippen molar-refractivity contribution in [3.05, 3.63) is 0 Å². The molecule has 0 saturated carbocycles. The van der Waals surface area contributed by atoms with Crippen LogP contribution in [0.1, 0.15) is 13.3 Å². The van der Waals surface area contributed by atoms with Crippen LogP contribution in [0, 0.1) is 5.92 Å². The lowest BCUT2D eigenvalue weighted by Gasteiger charge is -2.07. The second kappa shape index (κ2) is 3.78. The molecule has 0 radical (unpaired) electrons. The van der Waals surface area contributed by atoms with Crippen LogP contribution in [0.2, 0.25) is 0 Å². The van der Waals surface area contributed by atoms with Gasteiger partial charge in [-0.1, -0.05) is 6.92 Å². The van der Waals surface area contributed by atoms with Gasteiger partial charge in [0.1, 0.15) is 6.04 Å². The van der Waals surface area contributed by atoms with Crippen molar-refractivity contribution >= 4 is 18.4 Å². The molecule has 1 aliphatic heterocycles. The van der Waals surface area contributed by atoms with Crippen molar-refractivity contribution in [2.45, 2.75) is 19.4 Å². The molecule has 0 unspecified atom stereocenters. The average molecular weight is 166 g/mol. The van der Waals surface area contributed by atoms with Crippen LogP contribution < -0.4 is 5.32 Å². The molecule has 10 heavy (non-hydrogen) atoms. The molecule has 0 spiro atoms. The van der Waals surface area contributed by atoms with E-state index >= 15 is 0 Å². The van der Waals surface area contributed by atoms with Gasteiger partial charge in [-0.15, -0.1) is 12.4 Å². The summed E-state index contributed by atoms with van der Waals surface area (Å²) in [6, 6.07) is -0.301. The lowest BCUT2D eigenvalue weighted by molar-refractivity contribution is -0.139. The first-order valence-corrected chi connectivity index (χ1v) is 3.18. The highest BCUT2D eigenvalue weighted by molar-refractivity contribution is 5.85. The molecule has 3 nitrogen and oxygen atoms in total. The zero-order valence-electron chi connectivity index (χ0n) is 5.83. The Morgan fingerprint density at radius 1 is 1.70 bits per heavy atom. The van der Waals surface area contributed by atoms with Crippen LogP contribution in [0.5, 0.6) is 0 Å². The van der Waals surface area contributed by atoms with Crippen molar-refractivity contribution in [1.82, 2.24) is 5.32 Å². The fourth-order valence-corrected chi connectivity index (χ4v) is 1.17. The third-order valence-electron chi connectivity index (χ3n) is 1.80. The summed E-state index contributed by atoms with van der Waals surface area (Å²) in [5.41, 5.74) is 0. The van der Waals surface area contributed by atoms with Gasteiger partial charge in [-0.05, 0) is 18.9 Å². The van der Waals surface area contributed by atoms with Gasteiger partial charge in [0, 0.05) is 0 Å². The number of carbonyl (C=O) groups is 1. The molecule has 0 amide bonds. The summed E-state index contributed by atoms with van der Waals surface area (Å²) in [5.74, 6) is -0.428. The number of nitrogens with one attached hydrogen (secondary N) is 1. The van der Waals surface area contributed by atoms with Crippen LogP contribution in [0.15, 0.2) is 0 Å². The van der Waals surface area contributed by atoms with E-state index in [1.54, 1.807) is 0 Å². The fourth-order valence-electron chi connectivity index (χ4n) is 1.17. The van der Waals surface area contributed by atoms with Crippen LogP contribution >= 0.6 is 12.4 Å². The van der Waals surface area contributed by atoms with E-state index in [1.165, 1.54) is 0 Å². The summed E-state index contributed by atoms with van der Waals surface area (Å²) in [5, 5.41) is 11.4. The van der Waals surface area contributed by atoms with Crippen LogP contribution in [0.4, 0.5) is 0 Å². The van der Waals surface area contributed by atoms with Gasteiger partial charge < -0.3 is 10.4 Å². The Morgan fingerprint density at radius 3 is 2.50 bits per heavy atom. The average Bonchev–Trinajstić information content (AvgIpc) is 2.13. The molecule has 60 valence electrons. The number of hydrogen-bond donors (Lipinski definition) is 2. The summed E-state index contributed by atoms with van der Waals surface area (Å²) >= 11 is 0. The molecule has 0 aliphatic carbocycles. The minimum absolute atomic E-state index is 0. The highest BCUT2D eigenvalue weighted by Gasteiger charge is 2.28. The van der Waals surface area contributed by atoms with E-state index in [-0.39, 0.29) is 18.4 Å². The monoisotopic (exact) mass is 165 g/mol. The lowest BCUT2D eigenvalue weighted by atomic mass is 10.0. The molecule has 4 heteroatoms. The Hall–Kier alpha value is -0.280. The number of aliphatic carboxylic acids is 1. The zero-order valence-corrected chi connectivity index (χ0v) is 6.65. The predicted molar refractivity (Wildman–Crippen MR) is 40.5 cm³/mol. The van der Waals surface area contributed by atoms with Crippen molar-refractivity contribution in [2.75, 3.05) is 6.54 Å². The summed E-state index contributed by atoms with van der Waals surface area (Å²) in [4.78, 5) is 10.3. The van der Waals surface area contributed by atoms with Crippen molar-refractivity contribution in [2.24, 2.45) is 5.92 Å². The molecule has 0 aromatic rings. The molecule has 1 rings (SSSR count). The number of carboxylic acids is 1. The summed E-state index contributed by atoms with van der Waals surface area (Å²) in [7, 11) is 0. The van der Waals surface area contributed by atoms with E-state index in [4.69, 9.17) is 5.11 Å². The highest BCUT2D eigenvalue weighted by Crippen LogP contribution is 2.13. The van der Waals surface area contributed by atoms with Crippen molar-refractivity contribution in [3.8, 4) is 0 Å². The van der Waals surface area contributed by atoms with Gasteiger partial charge >= 0.3 is 5.97 Å². The van der Waals surface area contributed by atoms with E-state index in [1.807, 2.05) is 6.92 Å². The van der Waals surface area contributed by atoms with E-state index in [9.17, 15) is 4.79 Å². The Balaban J connectivity index is 0.000000810. The van der Waals surface area contributed by atoms with Gasteiger partial charge in [-0.2, -0.15) is 0 Å². The first kappa shape index (κ1) is 9.72. The number of carboxylic acid groups (broad SMARTS) is 1. The van der Waals surface area contributed by atoms with E-state index in [2.05, 4.69) is 5.32 Å².